The summed E-state index contributed by atoms with van der Waals surface area (Å²) < 4.78 is 2.08. The summed E-state index contributed by atoms with van der Waals surface area (Å²) in [6.45, 7) is 0. The van der Waals surface area contributed by atoms with Crippen LogP contribution in [0.5, 0.6) is 0 Å². The van der Waals surface area contributed by atoms with E-state index in [4.69, 9.17) is 4.99 Å². The standard InChI is InChI=1S/C16H13Br2NOS/c17-9-2-1-8(7-10(9)18)14-15-11(3-4-13(15)20)19-12-5-6-21-16(12)14/h1-2,7,14,16H,3-6H2. The molecular formula is C16H13Br2NOS. The molecule has 2 aliphatic heterocycles. The lowest BCUT2D eigenvalue weighted by atomic mass is 9.83. The van der Waals surface area contributed by atoms with E-state index in [1.54, 1.807) is 0 Å². The summed E-state index contributed by atoms with van der Waals surface area (Å²) in [4.78, 5) is 17.2. The molecule has 0 saturated carbocycles. The fourth-order valence-electron chi connectivity index (χ4n) is 3.44. The average molecular weight is 427 g/mol. The number of fused-ring (bicyclic) bond motifs is 1. The Morgan fingerprint density at radius 3 is 2.81 bits per heavy atom. The van der Waals surface area contributed by atoms with E-state index in [-0.39, 0.29) is 5.92 Å². The number of nitrogens with zero attached hydrogens (tertiary/aromatic N) is 1. The first-order valence-corrected chi connectivity index (χ1v) is 9.69. The number of hydrogen-bond acceptors (Lipinski definition) is 3. The van der Waals surface area contributed by atoms with Gasteiger partial charge >= 0.3 is 0 Å². The topological polar surface area (TPSA) is 29.4 Å². The third-order valence-electron chi connectivity index (χ3n) is 4.38. The van der Waals surface area contributed by atoms with Gasteiger partial charge in [0.2, 0.25) is 0 Å². The van der Waals surface area contributed by atoms with Crippen LogP contribution in [0.1, 0.15) is 30.7 Å². The number of hydrogen-bond donors (Lipinski definition) is 0. The van der Waals surface area contributed by atoms with E-state index < -0.39 is 0 Å². The molecule has 1 fully saturated rings. The molecular weight excluding hydrogens is 414 g/mol. The second-order valence-corrected chi connectivity index (χ2v) is 8.54. The number of allylic oxidation sites excluding steroid dienone is 2. The molecule has 1 aliphatic carbocycles. The van der Waals surface area contributed by atoms with E-state index in [0.29, 0.717) is 17.5 Å². The minimum atomic E-state index is 0.180. The SMILES string of the molecule is O=C1CCC2=C1C(c1ccc(Br)c(Br)c1)C1SCCC1=N2. The molecule has 108 valence electrons. The minimum absolute atomic E-state index is 0.180. The molecule has 5 heteroatoms. The molecule has 4 rings (SSSR count). The van der Waals surface area contributed by atoms with Gasteiger partial charge in [0.15, 0.2) is 5.78 Å². The molecule has 2 heterocycles. The Bertz CT molecular complexity index is 710. The van der Waals surface area contributed by atoms with E-state index in [0.717, 1.165) is 38.8 Å². The monoisotopic (exact) mass is 425 g/mol. The number of ketones is 1. The highest BCUT2D eigenvalue weighted by atomic mass is 79.9. The fourth-order valence-corrected chi connectivity index (χ4v) is 5.51. The third kappa shape index (κ3) is 2.28. The van der Waals surface area contributed by atoms with Crippen molar-refractivity contribution in [2.75, 3.05) is 5.75 Å². The maximum Gasteiger partial charge on any atom is 0.161 e. The highest BCUT2D eigenvalue weighted by Gasteiger charge is 2.43. The van der Waals surface area contributed by atoms with Crippen LogP contribution in [0.4, 0.5) is 0 Å². The molecule has 21 heavy (non-hydrogen) atoms. The zero-order valence-electron chi connectivity index (χ0n) is 11.2. The van der Waals surface area contributed by atoms with Crippen molar-refractivity contribution in [3.8, 4) is 0 Å². The number of carbonyl (C=O) groups is 1. The predicted molar refractivity (Wildman–Crippen MR) is 94.1 cm³/mol. The molecule has 0 N–H and O–H groups in total. The van der Waals surface area contributed by atoms with Gasteiger partial charge < -0.3 is 0 Å². The summed E-state index contributed by atoms with van der Waals surface area (Å²) in [5.41, 5.74) is 4.54. The van der Waals surface area contributed by atoms with Gasteiger partial charge in [0, 0.05) is 38.3 Å². The van der Waals surface area contributed by atoms with Crippen LogP contribution >= 0.6 is 43.6 Å². The Morgan fingerprint density at radius 1 is 1.14 bits per heavy atom. The van der Waals surface area contributed by atoms with Gasteiger partial charge in [-0.2, -0.15) is 11.8 Å². The number of thioether (sulfide) groups is 1. The maximum atomic E-state index is 12.4. The number of carbonyl (C=O) groups excluding carboxylic acids is 1. The normalized spacial score (nSPS) is 27.7. The Labute approximate surface area is 144 Å². The van der Waals surface area contributed by atoms with Crippen LogP contribution in [-0.2, 0) is 4.79 Å². The second-order valence-electron chi connectivity index (χ2n) is 5.58. The van der Waals surface area contributed by atoms with Crippen molar-refractivity contribution in [1.82, 2.24) is 0 Å². The Balaban J connectivity index is 1.86. The van der Waals surface area contributed by atoms with Gasteiger partial charge in [-0.25, -0.2) is 0 Å². The lowest BCUT2D eigenvalue weighted by Crippen LogP contribution is -2.28. The Hall–Kier alpha value is -0.390. The highest BCUT2D eigenvalue weighted by Crippen LogP contribution is 2.48. The summed E-state index contributed by atoms with van der Waals surface area (Å²) in [6, 6.07) is 6.34. The molecule has 1 aromatic carbocycles. The summed E-state index contributed by atoms with van der Waals surface area (Å²) in [6.07, 6.45) is 2.52. The Morgan fingerprint density at radius 2 is 2.00 bits per heavy atom. The number of aliphatic imine (C=N–C) groups is 1. The fraction of sp³-hybridized carbons (Fsp3) is 0.375. The van der Waals surface area contributed by atoms with Crippen molar-refractivity contribution >= 4 is 55.1 Å². The van der Waals surface area contributed by atoms with E-state index in [2.05, 4.69) is 50.1 Å². The summed E-state index contributed by atoms with van der Waals surface area (Å²) >= 11 is 9.06. The van der Waals surface area contributed by atoms with E-state index in [1.807, 2.05) is 11.8 Å². The van der Waals surface area contributed by atoms with Gasteiger partial charge in [-0.3, -0.25) is 9.79 Å². The maximum absolute atomic E-state index is 12.4. The lowest BCUT2D eigenvalue weighted by Gasteiger charge is -2.29. The molecule has 0 spiro atoms. The predicted octanol–water partition coefficient (Wildman–Crippen LogP) is 4.87. The van der Waals surface area contributed by atoms with Crippen LogP contribution in [0.15, 0.2) is 43.4 Å². The molecule has 3 aliphatic rings. The van der Waals surface area contributed by atoms with Crippen molar-refractivity contribution in [3.05, 3.63) is 44.0 Å². The van der Waals surface area contributed by atoms with Gasteiger partial charge in [-0.05, 0) is 68.2 Å². The van der Waals surface area contributed by atoms with E-state index in [1.165, 1.54) is 11.3 Å². The molecule has 0 radical (unpaired) electrons. The lowest BCUT2D eigenvalue weighted by molar-refractivity contribution is -0.115. The van der Waals surface area contributed by atoms with Gasteiger partial charge in [0.1, 0.15) is 0 Å². The van der Waals surface area contributed by atoms with Crippen LogP contribution < -0.4 is 0 Å². The smallest absolute Gasteiger partial charge is 0.161 e. The quantitative estimate of drug-likeness (QED) is 0.640. The highest BCUT2D eigenvalue weighted by molar-refractivity contribution is 9.13. The minimum Gasteiger partial charge on any atom is -0.294 e. The number of Topliss-reactive ketones (excluding diaryl/α,β-unsaturated/α-hetero) is 1. The summed E-state index contributed by atoms with van der Waals surface area (Å²) in [5, 5.41) is 0.346. The van der Waals surface area contributed by atoms with Gasteiger partial charge in [-0.1, -0.05) is 6.07 Å². The van der Waals surface area contributed by atoms with Gasteiger partial charge in [-0.15, -0.1) is 0 Å². The molecule has 1 aromatic rings. The first-order chi connectivity index (χ1) is 10.1. The van der Waals surface area contributed by atoms with Crippen LogP contribution in [0.25, 0.3) is 0 Å². The molecule has 0 aromatic heterocycles. The van der Waals surface area contributed by atoms with Crippen LogP contribution in [0.3, 0.4) is 0 Å². The van der Waals surface area contributed by atoms with Gasteiger partial charge in [0.25, 0.3) is 0 Å². The molecule has 2 atom stereocenters. The third-order valence-corrected chi connectivity index (χ3v) is 7.60. The molecule has 0 amide bonds. The molecule has 2 unspecified atom stereocenters. The second kappa shape index (κ2) is 5.36. The first-order valence-electron chi connectivity index (χ1n) is 7.05. The van der Waals surface area contributed by atoms with Crippen molar-refractivity contribution in [2.45, 2.75) is 30.4 Å². The van der Waals surface area contributed by atoms with Crippen LogP contribution in [0.2, 0.25) is 0 Å². The average Bonchev–Trinajstić information content (AvgIpc) is 3.07. The van der Waals surface area contributed by atoms with Crippen molar-refractivity contribution < 1.29 is 4.79 Å². The number of rotatable bonds is 1. The number of halogens is 2. The summed E-state index contributed by atoms with van der Waals surface area (Å²) in [7, 11) is 0. The van der Waals surface area contributed by atoms with Crippen molar-refractivity contribution in [3.63, 3.8) is 0 Å². The number of benzene rings is 1. The zero-order chi connectivity index (χ0) is 14.6. The van der Waals surface area contributed by atoms with E-state index >= 15 is 0 Å². The van der Waals surface area contributed by atoms with Gasteiger partial charge in [0.05, 0.1) is 5.25 Å². The largest absolute Gasteiger partial charge is 0.294 e. The van der Waals surface area contributed by atoms with Crippen molar-refractivity contribution in [1.29, 1.82) is 0 Å². The van der Waals surface area contributed by atoms with E-state index in [9.17, 15) is 4.79 Å². The Kier molecular flexibility index (Phi) is 3.63. The van der Waals surface area contributed by atoms with Crippen molar-refractivity contribution in [2.24, 2.45) is 4.99 Å². The summed E-state index contributed by atoms with van der Waals surface area (Å²) in [5.74, 6) is 1.59. The van der Waals surface area contributed by atoms with Crippen LogP contribution in [0, 0.1) is 0 Å². The van der Waals surface area contributed by atoms with Crippen LogP contribution in [-0.4, -0.2) is 22.5 Å². The molecule has 1 saturated heterocycles. The molecule has 0 bridgehead atoms. The first kappa shape index (κ1) is 14.2. The molecule has 2 nitrogen and oxygen atoms in total. The zero-order valence-corrected chi connectivity index (χ0v) is 15.2.